The molecule has 0 aliphatic carbocycles. The van der Waals surface area contributed by atoms with E-state index in [-0.39, 0.29) is 11.8 Å². The molecule has 0 radical (unpaired) electrons. The zero-order valence-corrected chi connectivity index (χ0v) is 16.2. The molecule has 0 bridgehead atoms. The molecule has 0 N–H and O–H groups in total. The van der Waals surface area contributed by atoms with Crippen molar-refractivity contribution in [2.75, 3.05) is 31.1 Å². The lowest BCUT2D eigenvalue weighted by Gasteiger charge is -2.35. The number of carbonyl (C=O) groups is 1. The van der Waals surface area contributed by atoms with Crippen molar-refractivity contribution in [3.8, 4) is 0 Å². The SMILES string of the molecule is Cc1ccc(C(Cc2ccco2)C(=O)N2CCN(c3nnc(C)o3)CC2)cc1. The average Bonchev–Trinajstić information content (AvgIpc) is 3.38. The summed E-state index contributed by atoms with van der Waals surface area (Å²) < 4.78 is 11.0. The Morgan fingerprint density at radius 3 is 2.43 bits per heavy atom. The first-order valence-corrected chi connectivity index (χ1v) is 9.53. The number of anilines is 1. The Hall–Kier alpha value is -3.09. The molecule has 7 nitrogen and oxygen atoms in total. The molecular formula is C21H24N4O3. The van der Waals surface area contributed by atoms with Crippen LogP contribution in [0.3, 0.4) is 0 Å². The predicted octanol–water partition coefficient (Wildman–Crippen LogP) is 2.95. The van der Waals surface area contributed by atoms with Crippen LogP contribution in [0.4, 0.5) is 6.01 Å². The smallest absolute Gasteiger partial charge is 0.318 e. The second-order valence-corrected chi connectivity index (χ2v) is 7.16. The van der Waals surface area contributed by atoms with Gasteiger partial charge in [-0.3, -0.25) is 4.79 Å². The summed E-state index contributed by atoms with van der Waals surface area (Å²) in [5, 5.41) is 7.96. The van der Waals surface area contributed by atoms with E-state index in [0.717, 1.165) is 11.3 Å². The first kappa shape index (κ1) is 18.3. The highest BCUT2D eigenvalue weighted by Crippen LogP contribution is 2.25. The summed E-state index contributed by atoms with van der Waals surface area (Å²) in [6, 6.07) is 12.5. The van der Waals surface area contributed by atoms with Gasteiger partial charge in [0.25, 0.3) is 0 Å². The fourth-order valence-corrected chi connectivity index (χ4v) is 3.53. The van der Waals surface area contributed by atoms with Crippen molar-refractivity contribution in [2.24, 2.45) is 0 Å². The number of benzene rings is 1. The van der Waals surface area contributed by atoms with Gasteiger partial charge in [0, 0.05) is 39.5 Å². The Morgan fingerprint density at radius 1 is 1.07 bits per heavy atom. The molecule has 7 heteroatoms. The molecule has 0 saturated carbocycles. The molecule has 1 amide bonds. The van der Waals surface area contributed by atoms with Crippen molar-refractivity contribution >= 4 is 11.9 Å². The minimum atomic E-state index is -0.260. The Bertz CT molecular complexity index is 910. The maximum absolute atomic E-state index is 13.4. The Kier molecular flexibility index (Phi) is 5.14. The van der Waals surface area contributed by atoms with E-state index in [4.69, 9.17) is 8.83 Å². The minimum Gasteiger partial charge on any atom is -0.469 e. The highest BCUT2D eigenvalue weighted by molar-refractivity contribution is 5.84. The predicted molar refractivity (Wildman–Crippen MR) is 104 cm³/mol. The van der Waals surface area contributed by atoms with Gasteiger partial charge in [-0.15, -0.1) is 5.10 Å². The number of hydrogen-bond donors (Lipinski definition) is 0. The number of rotatable bonds is 5. The fraction of sp³-hybridized carbons (Fsp3) is 0.381. The summed E-state index contributed by atoms with van der Waals surface area (Å²) in [5.41, 5.74) is 2.19. The first-order valence-electron chi connectivity index (χ1n) is 9.53. The fourth-order valence-electron chi connectivity index (χ4n) is 3.53. The van der Waals surface area contributed by atoms with Crippen molar-refractivity contribution in [3.63, 3.8) is 0 Å². The maximum Gasteiger partial charge on any atom is 0.318 e. The number of nitrogens with zero attached hydrogens (tertiary/aromatic N) is 4. The van der Waals surface area contributed by atoms with Crippen LogP contribution < -0.4 is 4.90 Å². The lowest BCUT2D eigenvalue weighted by atomic mass is 9.92. The summed E-state index contributed by atoms with van der Waals surface area (Å²) in [5.74, 6) is 1.23. The van der Waals surface area contributed by atoms with Gasteiger partial charge < -0.3 is 18.6 Å². The molecular weight excluding hydrogens is 356 g/mol. The van der Waals surface area contributed by atoms with Crippen molar-refractivity contribution in [2.45, 2.75) is 26.2 Å². The standard InChI is InChI=1S/C21H24N4O3/c1-15-5-7-17(8-6-15)19(14-18-4-3-13-27-18)20(26)24-9-11-25(12-10-24)21-23-22-16(2)28-21/h3-8,13,19H,9-12,14H2,1-2H3. The largest absolute Gasteiger partial charge is 0.469 e. The Labute approximate surface area is 164 Å². The molecule has 1 aromatic carbocycles. The lowest BCUT2D eigenvalue weighted by molar-refractivity contribution is -0.133. The van der Waals surface area contributed by atoms with Crippen molar-refractivity contribution in [1.29, 1.82) is 0 Å². The third kappa shape index (κ3) is 3.93. The van der Waals surface area contributed by atoms with E-state index < -0.39 is 0 Å². The molecule has 1 unspecified atom stereocenters. The van der Waals surface area contributed by atoms with E-state index in [1.54, 1.807) is 13.2 Å². The van der Waals surface area contributed by atoms with Gasteiger partial charge in [0.15, 0.2) is 0 Å². The van der Waals surface area contributed by atoms with Gasteiger partial charge in [-0.05, 0) is 24.6 Å². The number of piperazine rings is 1. The number of furan rings is 1. The summed E-state index contributed by atoms with van der Waals surface area (Å²) in [6.45, 7) is 6.42. The highest BCUT2D eigenvalue weighted by atomic mass is 16.4. The summed E-state index contributed by atoms with van der Waals surface area (Å²) in [7, 11) is 0. The maximum atomic E-state index is 13.4. The lowest BCUT2D eigenvalue weighted by Crippen LogP contribution is -2.50. The van der Waals surface area contributed by atoms with E-state index in [1.807, 2.05) is 53.1 Å². The zero-order valence-electron chi connectivity index (χ0n) is 16.2. The van der Waals surface area contributed by atoms with E-state index in [9.17, 15) is 4.79 Å². The molecule has 1 atom stereocenters. The number of hydrogen-bond acceptors (Lipinski definition) is 6. The van der Waals surface area contributed by atoms with E-state index >= 15 is 0 Å². The van der Waals surface area contributed by atoms with E-state index in [0.29, 0.717) is 44.5 Å². The van der Waals surface area contributed by atoms with Crippen LogP contribution in [0.25, 0.3) is 0 Å². The molecule has 4 rings (SSSR count). The highest BCUT2D eigenvalue weighted by Gasteiger charge is 2.30. The Morgan fingerprint density at radius 2 is 1.82 bits per heavy atom. The molecule has 3 aromatic rings. The van der Waals surface area contributed by atoms with Crippen molar-refractivity contribution < 1.29 is 13.6 Å². The molecule has 0 spiro atoms. The van der Waals surface area contributed by atoms with Crippen molar-refractivity contribution in [1.82, 2.24) is 15.1 Å². The van der Waals surface area contributed by atoms with Gasteiger partial charge in [0.2, 0.25) is 11.8 Å². The van der Waals surface area contributed by atoms with Gasteiger partial charge in [-0.2, -0.15) is 0 Å². The van der Waals surface area contributed by atoms with Gasteiger partial charge in [0.1, 0.15) is 5.76 Å². The van der Waals surface area contributed by atoms with Crippen LogP contribution >= 0.6 is 0 Å². The van der Waals surface area contributed by atoms with Gasteiger partial charge in [0.05, 0.1) is 12.2 Å². The second kappa shape index (κ2) is 7.88. The molecule has 146 valence electrons. The van der Waals surface area contributed by atoms with Crippen molar-refractivity contribution in [3.05, 3.63) is 65.4 Å². The quantitative estimate of drug-likeness (QED) is 0.677. The number of aryl methyl sites for hydroxylation is 2. The molecule has 28 heavy (non-hydrogen) atoms. The summed E-state index contributed by atoms with van der Waals surface area (Å²) in [6.07, 6.45) is 2.20. The molecule has 1 fully saturated rings. The number of aromatic nitrogens is 2. The molecule has 3 heterocycles. The van der Waals surface area contributed by atoms with Crippen LogP contribution in [-0.4, -0.2) is 47.2 Å². The molecule has 1 aliphatic heterocycles. The van der Waals surface area contributed by atoms with Gasteiger partial charge in [-0.1, -0.05) is 34.9 Å². The molecule has 2 aromatic heterocycles. The molecule has 1 aliphatic rings. The Balaban J connectivity index is 1.48. The topological polar surface area (TPSA) is 75.6 Å². The van der Waals surface area contributed by atoms with Gasteiger partial charge in [-0.25, -0.2) is 0 Å². The number of amides is 1. The first-order chi connectivity index (χ1) is 13.6. The normalized spacial score (nSPS) is 15.6. The van der Waals surface area contributed by atoms with Gasteiger partial charge >= 0.3 is 6.01 Å². The minimum absolute atomic E-state index is 0.126. The number of carbonyl (C=O) groups excluding carboxylic acids is 1. The van der Waals surface area contributed by atoms with Crippen LogP contribution in [0.2, 0.25) is 0 Å². The van der Waals surface area contributed by atoms with Crippen LogP contribution in [0.15, 0.2) is 51.5 Å². The third-order valence-electron chi connectivity index (χ3n) is 5.14. The zero-order chi connectivity index (χ0) is 19.5. The van der Waals surface area contributed by atoms with E-state index in [2.05, 4.69) is 10.2 Å². The van der Waals surface area contributed by atoms with Crippen LogP contribution in [-0.2, 0) is 11.2 Å². The van der Waals surface area contributed by atoms with E-state index in [1.165, 1.54) is 5.56 Å². The second-order valence-electron chi connectivity index (χ2n) is 7.16. The average molecular weight is 380 g/mol. The van der Waals surface area contributed by atoms with Crippen LogP contribution in [0.5, 0.6) is 0 Å². The monoisotopic (exact) mass is 380 g/mol. The van der Waals surface area contributed by atoms with Crippen LogP contribution in [0.1, 0.15) is 28.7 Å². The molecule has 1 saturated heterocycles. The third-order valence-corrected chi connectivity index (χ3v) is 5.14. The van der Waals surface area contributed by atoms with Crippen LogP contribution in [0, 0.1) is 13.8 Å². The summed E-state index contributed by atoms with van der Waals surface area (Å²) >= 11 is 0. The summed E-state index contributed by atoms with van der Waals surface area (Å²) in [4.78, 5) is 17.3.